The molecular formula is C24H29NO4. The van der Waals surface area contributed by atoms with Gasteiger partial charge in [-0.2, -0.15) is 0 Å². The van der Waals surface area contributed by atoms with E-state index in [2.05, 4.69) is 31.0 Å². The molecule has 1 N–H and O–H groups in total. The van der Waals surface area contributed by atoms with E-state index in [1.807, 2.05) is 6.08 Å². The van der Waals surface area contributed by atoms with Crippen molar-refractivity contribution in [2.45, 2.75) is 75.0 Å². The summed E-state index contributed by atoms with van der Waals surface area (Å²) in [6.45, 7) is 2.97. The van der Waals surface area contributed by atoms with Gasteiger partial charge in [-0.15, -0.1) is 0 Å². The number of hydrogen-bond acceptors (Lipinski definition) is 5. The number of ether oxygens (including phenoxy) is 2. The van der Waals surface area contributed by atoms with E-state index in [1.165, 1.54) is 11.1 Å². The van der Waals surface area contributed by atoms with Crippen LogP contribution < -0.4 is 4.74 Å². The second-order valence-corrected chi connectivity index (χ2v) is 9.80. The molecule has 2 aliphatic heterocycles. The SMILES string of the molecule is Cc1ccc2c3c1O[C@H]1C(OC(=O)C4CCCC4)=CC[C@@]4(O)[C@@H](C2)N(C)CC[C@]314. The summed E-state index contributed by atoms with van der Waals surface area (Å²) >= 11 is 0. The molecule has 5 nitrogen and oxygen atoms in total. The van der Waals surface area contributed by atoms with Crippen LogP contribution in [0.15, 0.2) is 24.0 Å². The molecule has 5 aliphatic rings. The first-order valence-corrected chi connectivity index (χ1v) is 11.1. The lowest BCUT2D eigenvalue weighted by Gasteiger charge is -2.61. The highest BCUT2D eigenvalue weighted by Gasteiger charge is 2.71. The molecule has 154 valence electrons. The topological polar surface area (TPSA) is 59.0 Å². The number of benzene rings is 1. The van der Waals surface area contributed by atoms with Gasteiger partial charge >= 0.3 is 5.97 Å². The molecule has 0 radical (unpaired) electrons. The summed E-state index contributed by atoms with van der Waals surface area (Å²) in [5.74, 6) is 1.41. The van der Waals surface area contributed by atoms with Crippen LogP contribution in [-0.2, 0) is 21.4 Å². The zero-order chi connectivity index (χ0) is 20.0. The Bertz CT molecular complexity index is 933. The summed E-state index contributed by atoms with van der Waals surface area (Å²) in [5.41, 5.74) is 2.11. The monoisotopic (exact) mass is 395 g/mol. The maximum atomic E-state index is 12.8. The Labute approximate surface area is 171 Å². The number of rotatable bonds is 2. The van der Waals surface area contributed by atoms with E-state index in [0.29, 0.717) is 12.2 Å². The van der Waals surface area contributed by atoms with E-state index in [9.17, 15) is 9.90 Å². The van der Waals surface area contributed by atoms with Crippen molar-refractivity contribution in [2.75, 3.05) is 13.6 Å². The third kappa shape index (κ3) is 2.10. The Morgan fingerprint density at radius 1 is 1.31 bits per heavy atom. The van der Waals surface area contributed by atoms with Gasteiger partial charge < -0.3 is 19.5 Å². The second kappa shape index (κ2) is 5.86. The largest absolute Gasteiger partial charge is 0.481 e. The predicted molar refractivity (Wildman–Crippen MR) is 108 cm³/mol. The molecule has 2 fully saturated rings. The molecule has 2 bridgehead atoms. The van der Waals surface area contributed by atoms with Crippen molar-refractivity contribution in [3.05, 3.63) is 40.7 Å². The van der Waals surface area contributed by atoms with Gasteiger partial charge in [0.1, 0.15) is 11.5 Å². The van der Waals surface area contributed by atoms with Gasteiger partial charge in [-0.05, 0) is 63.4 Å². The predicted octanol–water partition coefficient (Wildman–Crippen LogP) is 3.01. The number of piperidine rings is 1. The van der Waals surface area contributed by atoms with Crippen molar-refractivity contribution in [3.8, 4) is 5.75 Å². The van der Waals surface area contributed by atoms with E-state index in [0.717, 1.165) is 56.4 Å². The molecule has 1 saturated heterocycles. The van der Waals surface area contributed by atoms with Gasteiger partial charge in [-0.25, -0.2) is 0 Å². The molecule has 4 atom stereocenters. The number of aliphatic hydroxyl groups is 1. The van der Waals surface area contributed by atoms with Crippen LogP contribution in [0.25, 0.3) is 0 Å². The van der Waals surface area contributed by atoms with Crippen LogP contribution in [0.5, 0.6) is 5.75 Å². The Hall–Kier alpha value is -1.85. The molecule has 0 amide bonds. The fourth-order valence-electron chi connectivity index (χ4n) is 6.95. The Kier molecular flexibility index (Phi) is 3.63. The summed E-state index contributed by atoms with van der Waals surface area (Å²) in [6.07, 6.45) is 7.70. The van der Waals surface area contributed by atoms with Crippen LogP contribution >= 0.6 is 0 Å². The van der Waals surface area contributed by atoms with Gasteiger partial charge in [0.15, 0.2) is 6.10 Å². The molecule has 29 heavy (non-hydrogen) atoms. The van der Waals surface area contributed by atoms with Gasteiger partial charge in [0.25, 0.3) is 0 Å². The molecule has 0 aromatic heterocycles. The van der Waals surface area contributed by atoms with E-state index in [-0.39, 0.29) is 17.9 Å². The van der Waals surface area contributed by atoms with Gasteiger partial charge in [-0.1, -0.05) is 25.0 Å². The van der Waals surface area contributed by atoms with Crippen LogP contribution in [0, 0.1) is 12.8 Å². The molecule has 1 aromatic rings. The minimum atomic E-state index is -0.903. The summed E-state index contributed by atoms with van der Waals surface area (Å²) in [4.78, 5) is 15.1. The zero-order valence-electron chi connectivity index (χ0n) is 17.2. The lowest BCUT2D eigenvalue weighted by atomic mass is 9.50. The first-order chi connectivity index (χ1) is 14.0. The number of likely N-dealkylation sites (tertiary alicyclic amines) is 1. The molecule has 1 saturated carbocycles. The maximum absolute atomic E-state index is 12.8. The van der Waals surface area contributed by atoms with E-state index in [1.54, 1.807) is 0 Å². The summed E-state index contributed by atoms with van der Waals surface area (Å²) in [7, 11) is 2.11. The van der Waals surface area contributed by atoms with Crippen molar-refractivity contribution >= 4 is 5.97 Å². The fourth-order valence-corrected chi connectivity index (χ4v) is 6.95. The minimum Gasteiger partial charge on any atom is -0.481 e. The highest BCUT2D eigenvalue weighted by Crippen LogP contribution is 2.64. The number of hydrogen-bond donors (Lipinski definition) is 1. The third-order valence-electron chi connectivity index (χ3n) is 8.48. The average molecular weight is 395 g/mol. The Balaban J connectivity index is 1.48. The van der Waals surface area contributed by atoms with E-state index in [4.69, 9.17) is 9.47 Å². The molecule has 3 aliphatic carbocycles. The quantitative estimate of drug-likeness (QED) is 0.780. The van der Waals surface area contributed by atoms with Crippen molar-refractivity contribution < 1.29 is 19.4 Å². The van der Waals surface area contributed by atoms with Crippen molar-refractivity contribution in [2.24, 2.45) is 5.92 Å². The van der Waals surface area contributed by atoms with Gasteiger partial charge in [0.2, 0.25) is 0 Å². The maximum Gasteiger partial charge on any atom is 0.314 e. The smallest absolute Gasteiger partial charge is 0.314 e. The van der Waals surface area contributed by atoms with Crippen LogP contribution in [0.4, 0.5) is 0 Å². The number of aryl methyl sites for hydroxylation is 1. The Morgan fingerprint density at radius 3 is 2.90 bits per heavy atom. The minimum absolute atomic E-state index is 0.00637. The lowest BCUT2D eigenvalue weighted by Crippen LogP contribution is -2.74. The number of nitrogens with zero attached hydrogens (tertiary/aromatic N) is 1. The summed E-state index contributed by atoms with van der Waals surface area (Å²) < 4.78 is 12.6. The van der Waals surface area contributed by atoms with Gasteiger partial charge in [0, 0.05) is 18.0 Å². The standard InChI is InChI=1S/C24H29NO4/c1-14-7-8-16-13-18-24(27)10-9-17(28-22(26)15-5-3-4-6-15)21-23(24,11-12-25(18)2)19(16)20(14)29-21/h7-9,15,18,21,27H,3-6,10-13H2,1-2H3/t18-,21+,23+,24-/m1/s1. The second-order valence-electron chi connectivity index (χ2n) is 9.80. The zero-order valence-corrected chi connectivity index (χ0v) is 17.2. The lowest BCUT2D eigenvalue weighted by molar-refractivity contribution is -0.170. The molecule has 1 aromatic carbocycles. The summed E-state index contributed by atoms with van der Waals surface area (Å²) in [5, 5.41) is 12.1. The van der Waals surface area contributed by atoms with Crippen LogP contribution in [0.2, 0.25) is 0 Å². The number of esters is 1. The third-order valence-corrected chi connectivity index (χ3v) is 8.48. The van der Waals surface area contributed by atoms with Crippen molar-refractivity contribution in [1.29, 1.82) is 0 Å². The average Bonchev–Trinajstić information content (AvgIpc) is 3.34. The van der Waals surface area contributed by atoms with E-state index < -0.39 is 17.1 Å². The molecular weight excluding hydrogens is 366 g/mol. The fraction of sp³-hybridized carbons (Fsp3) is 0.625. The number of carbonyl (C=O) groups is 1. The number of likely N-dealkylation sites (N-methyl/N-ethyl adjacent to an activating group) is 1. The van der Waals surface area contributed by atoms with E-state index >= 15 is 0 Å². The highest BCUT2D eigenvalue weighted by molar-refractivity contribution is 5.74. The molecule has 5 heteroatoms. The van der Waals surface area contributed by atoms with Gasteiger partial charge in [-0.3, -0.25) is 4.79 Å². The van der Waals surface area contributed by atoms with Crippen LogP contribution in [-0.4, -0.2) is 47.3 Å². The van der Waals surface area contributed by atoms with Gasteiger partial charge in [0.05, 0.1) is 16.9 Å². The van der Waals surface area contributed by atoms with Crippen molar-refractivity contribution in [3.63, 3.8) is 0 Å². The normalized spacial score (nSPS) is 37.7. The van der Waals surface area contributed by atoms with Crippen LogP contribution in [0.1, 0.15) is 55.2 Å². The Morgan fingerprint density at radius 2 is 2.10 bits per heavy atom. The summed E-state index contributed by atoms with van der Waals surface area (Å²) in [6, 6.07) is 4.37. The molecule has 2 heterocycles. The van der Waals surface area contributed by atoms with Crippen molar-refractivity contribution in [1.82, 2.24) is 4.90 Å². The molecule has 1 spiro atoms. The highest BCUT2D eigenvalue weighted by atomic mass is 16.6. The first kappa shape index (κ1) is 18.0. The number of carbonyl (C=O) groups excluding carboxylic acids is 1. The first-order valence-electron chi connectivity index (χ1n) is 11.1. The van der Waals surface area contributed by atoms with Crippen LogP contribution in [0.3, 0.4) is 0 Å². The molecule has 0 unspecified atom stereocenters. The molecule has 6 rings (SSSR count).